The van der Waals surface area contributed by atoms with Gasteiger partial charge in [0, 0.05) is 5.57 Å². The molecule has 1 fully saturated rings. The van der Waals surface area contributed by atoms with Crippen LogP contribution < -0.4 is 0 Å². The number of rotatable bonds is 3. The van der Waals surface area contributed by atoms with Crippen molar-refractivity contribution in [1.29, 1.82) is 0 Å². The van der Waals surface area contributed by atoms with Gasteiger partial charge in [0.15, 0.2) is 0 Å². The second-order valence-electron chi connectivity index (χ2n) is 2.38. The third-order valence-electron chi connectivity index (χ3n) is 1.43. The number of carbonyl (C=O) groups is 1. The molecule has 0 aromatic heterocycles. The number of hydrogen-bond donors (Lipinski definition) is 1. The Morgan fingerprint density at radius 1 is 1.75 bits per heavy atom. The molecule has 0 aromatic carbocycles. The summed E-state index contributed by atoms with van der Waals surface area (Å²) in [6.07, 6.45) is 2.72. The smallest absolute Gasteiger partial charge is 0.330 e. The van der Waals surface area contributed by atoms with Crippen molar-refractivity contribution in [1.82, 2.24) is 0 Å². The van der Waals surface area contributed by atoms with E-state index in [-0.39, 0.29) is 6.10 Å². The molecule has 1 rings (SSSR count). The molecule has 1 aliphatic rings. The van der Waals surface area contributed by atoms with E-state index in [9.17, 15) is 4.79 Å². The summed E-state index contributed by atoms with van der Waals surface area (Å²) in [5.41, 5.74) is 0.399. The first kappa shape index (κ1) is 10.9. The predicted octanol–water partition coefficient (Wildman–Crippen LogP) is 1.61. The van der Waals surface area contributed by atoms with Crippen LogP contribution in [0.5, 0.6) is 0 Å². The van der Waals surface area contributed by atoms with E-state index in [1.807, 2.05) is 0 Å². The Hall–Kier alpha value is -1.09. The maximum atomic E-state index is 10.2. The number of aliphatic carboxylic acids is 1. The summed E-state index contributed by atoms with van der Waals surface area (Å²) >= 11 is 0. The van der Waals surface area contributed by atoms with Gasteiger partial charge in [-0.15, -0.1) is 13.2 Å². The van der Waals surface area contributed by atoms with E-state index in [1.165, 1.54) is 0 Å². The molecule has 1 N–H and O–H groups in total. The van der Waals surface area contributed by atoms with Crippen LogP contribution >= 0.6 is 0 Å². The fourth-order valence-corrected chi connectivity index (χ4v) is 0.600. The van der Waals surface area contributed by atoms with Crippen LogP contribution in [-0.2, 0) is 9.53 Å². The maximum absolute atomic E-state index is 10.2. The van der Waals surface area contributed by atoms with Gasteiger partial charge in [0.2, 0.25) is 0 Å². The monoisotopic (exact) mass is 170 g/mol. The first-order chi connectivity index (χ1) is 5.70. The largest absolute Gasteiger partial charge is 0.478 e. The standard InChI is InChI=1S/C7H10O3.C2H4/c1-5(7(8)9)2-3-6-4-10-6;1-2/h2,6H,3-4H2,1H3,(H,8,9);1-2H2. The van der Waals surface area contributed by atoms with Crippen molar-refractivity contribution in [2.24, 2.45) is 0 Å². The molecule has 0 bridgehead atoms. The Labute approximate surface area is 72.3 Å². The van der Waals surface area contributed by atoms with Crippen molar-refractivity contribution in [3.63, 3.8) is 0 Å². The zero-order valence-electron chi connectivity index (χ0n) is 7.25. The number of ether oxygens (including phenoxy) is 1. The molecule has 12 heavy (non-hydrogen) atoms. The highest BCUT2D eigenvalue weighted by Crippen LogP contribution is 2.14. The van der Waals surface area contributed by atoms with Crippen LogP contribution in [0.15, 0.2) is 24.8 Å². The number of hydrogen-bond acceptors (Lipinski definition) is 2. The molecule has 1 aliphatic heterocycles. The lowest BCUT2D eigenvalue weighted by atomic mass is 10.2. The zero-order valence-corrected chi connectivity index (χ0v) is 7.25. The summed E-state index contributed by atoms with van der Waals surface area (Å²) in [6.45, 7) is 8.37. The third kappa shape index (κ3) is 4.68. The summed E-state index contributed by atoms with van der Waals surface area (Å²) in [7, 11) is 0. The van der Waals surface area contributed by atoms with E-state index in [0.717, 1.165) is 13.0 Å². The lowest BCUT2D eigenvalue weighted by Crippen LogP contribution is -1.96. The topological polar surface area (TPSA) is 49.8 Å². The highest BCUT2D eigenvalue weighted by molar-refractivity contribution is 5.85. The van der Waals surface area contributed by atoms with Crippen molar-refractivity contribution in [3.8, 4) is 0 Å². The van der Waals surface area contributed by atoms with Crippen LogP contribution in [-0.4, -0.2) is 23.8 Å². The zero-order chi connectivity index (χ0) is 9.56. The van der Waals surface area contributed by atoms with Gasteiger partial charge in [0.25, 0.3) is 0 Å². The number of carboxylic acids is 1. The molecular formula is C9H14O3. The van der Waals surface area contributed by atoms with Crippen LogP contribution in [0.25, 0.3) is 0 Å². The first-order valence-electron chi connectivity index (χ1n) is 3.72. The SMILES string of the molecule is C=C.CC(=CCC1CO1)C(=O)O. The van der Waals surface area contributed by atoms with E-state index in [0.29, 0.717) is 5.57 Å². The van der Waals surface area contributed by atoms with Gasteiger partial charge in [0.1, 0.15) is 0 Å². The van der Waals surface area contributed by atoms with Gasteiger partial charge >= 0.3 is 5.97 Å². The summed E-state index contributed by atoms with van der Waals surface area (Å²) in [5, 5.41) is 8.41. The molecule has 1 saturated heterocycles. The predicted molar refractivity (Wildman–Crippen MR) is 47.0 cm³/mol. The molecule has 0 radical (unpaired) electrons. The normalized spacial score (nSPS) is 20.8. The third-order valence-corrected chi connectivity index (χ3v) is 1.43. The average molecular weight is 170 g/mol. The molecule has 0 amide bonds. The number of carboxylic acid groups (broad SMARTS) is 1. The minimum atomic E-state index is -0.847. The molecule has 1 atom stereocenters. The molecule has 3 heteroatoms. The van der Waals surface area contributed by atoms with Gasteiger partial charge in [-0.2, -0.15) is 0 Å². The summed E-state index contributed by atoms with van der Waals surface area (Å²) in [4.78, 5) is 10.2. The van der Waals surface area contributed by atoms with Gasteiger partial charge in [-0.25, -0.2) is 4.79 Å². The van der Waals surface area contributed by atoms with Crippen molar-refractivity contribution >= 4 is 5.97 Å². The lowest BCUT2D eigenvalue weighted by Gasteiger charge is -1.89. The van der Waals surface area contributed by atoms with Crippen molar-refractivity contribution < 1.29 is 14.6 Å². The van der Waals surface area contributed by atoms with Crippen LogP contribution in [0.1, 0.15) is 13.3 Å². The molecule has 68 valence electrons. The van der Waals surface area contributed by atoms with E-state index in [2.05, 4.69) is 13.2 Å². The minimum absolute atomic E-state index is 0.286. The van der Waals surface area contributed by atoms with Gasteiger partial charge in [-0.05, 0) is 13.3 Å². The maximum Gasteiger partial charge on any atom is 0.330 e. The summed E-state index contributed by atoms with van der Waals surface area (Å²) in [5.74, 6) is -0.847. The summed E-state index contributed by atoms with van der Waals surface area (Å²) < 4.78 is 4.90. The van der Waals surface area contributed by atoms with Crippen LogP contribution in [0, 0.1) is 0 Å². The molecule has 0 spiro atoms. The van der Waals surface area contributed by atoms with E-state index in [1.54, 1.807) is 13.0 Å². The highest BCUT2D eigenvalue weighted by Gasteiger charge is 2.20. The van der Waals surface area contributed by atoms with Gasteiger partial charge < -0.3 is 9.84 Å². The minimum Gasteiger partial charge on any atom is -0.478 e. The van der Waals surface area contributed by atoms with E-state index < -0.39 is 5.97 Å². The average Bonchev–Trinajstić information content (AvgIpc) is 2.87. The lowest BCUT2D eigenvalue weighted by molar-refractivity contribution is -0.132. The Balaban J connectivity index is 0.000000561. The molecular weight excluding hydrogens is 156 g/mol. The van der Waals surface area contributed by atoms with Crippen molar-refractivity contribution in [2.75, 3.05) is 6.61 Å². The quantitative estimate of drug-likeness (QED) is 0.397. The highest BCUT2D eigenvalue weighted by atomic mass is 16.6. The Bertz CT molecular complexity index is 180. The summed E-state index contributed by atoms with van der Waals surface area (Å²) in [6, 6.07) is 0. The molecule has 1 heterocycles. The molecule has 0 aromatic rings. The first-order valence-corrected chi connectivity index (χ1v) is 3.72. The number of epoxide rings is 1. The Kier molecular flexibility index (Phi) is 5.04. The fourth-order valence-electron chi connectivity index (χ4n) is 0.600. The van der Waals surface area contributed by atoms with Crippen molar-refractivity contribution in [2.45, 2.75) is 19.4 Å². The van der Waals surface area contributed by atoms with Crippen LogP contribution in [0.2, 0.25) is 0 Å². The molecule has 3 nitrogen and oxygen atoms in total. The van der Waals surface area contributed by atoms with Gasteiger partial charge in [-0.1, -0.05) is 6.08 Å². The van der Waals surface area contributed by atoms with Crippen LogP contribution in [0.4, 0.5) is 0 Å². The molecule has 1 unspecified atom stereocenters. The van der Waals surface area contributed by atoms with Crippen molar-refractivity contribution in [3.05, 3.63) is 24.8 Å². The van der Waals surface area contributed by atoms with Crippen LogP contribution in [0.3, 0.4) is 0 Å². The second-order valence-corrected chi connectivity index (χ2v) is 2.38. The fraction of sp³-hybridized carbons (Fsp3) is 0.444. The Morgan fingerprint density at radius 3 is 2.58 bits per heavy atom. The molecule has 0 saturated carbocycles. The van der Waals surface area contributed by atoms with E-state index in [4.69, 9.17) is 9.84 Å². The Morgan fingerprint density at radius 2 is 2.25 bits per heavy atom. The molecule has 0 aliphatic carbocycles. The van der Waals surface area contributed by atoms with E-state index >= 15 is 0 Å². The van der Waals surface area contributed by atoms with Gasteiger partial charge in [0.05, 0.1) is 12.7 Å². The van der Waals surface area contributed by atoms with Gasteiger partial charge in [-0.3, -0.25) is 0 Å². The second kappa shape index (κ2) is 5.55.